The zero-order chi connectivity index (χ0) is 23.3. The van der Waals surface area contributed by atoms with Gasteiger partial charge in [-0.15, -0.1) is 10.2 Å². The molecule has 0 saturated heterocycles. The van der Waals surface area contributed by atoms with Crippen molar-refractivity contribution in [2.75, 3.05) is 12.4 Å². The number of anilines is 1. The molecule has 2 aromatic carbocycles. The quantitative estimate of drug-likeness (QED) is 0.450. The monoisotopic (exact) mass is 474 g/mol. The first kappa shape index (κ1) is 23.8. The van der Waals surface area contributed by atoms with Crippen LogP contribution >= 0.6 is 11.3 Å². The fraction of sp³-hybridized carbons (Fsp3) is 0.318. The van der Waals surface area contributed by atoms with E-state index in [-0.39, 0.29) is 21.3 Å². The number of ether oxygens (including phenoxy) is 1. The van der Waals surface area contributed by atoms with Crippen molar-refractivity contribution in [3.63, 3.8) is 0 Å². The van der Waals surface area contributed by atoms with E-state index in [0.717, 1.165) is 22.5 Å². The number of rotatable bonds is 9. The van der Waals surface area contributed by atoms with Crippen LogP contribution in [0.5, 0.6) is 5.75 Å². The van der Waals surface area contributed by atoms with Crippen molar-refractivity contribution in [1.29, 1.82) is 0 Å². The van der Waals surface area contributed by atoms with Crippen LogP contribution in [-0.2, 0) is 10.0 Å². The van der Waals surface area contributed by atoms with E-state index in [1.807, 2.05) is 45.0 Å². The zero-order valence-corrected chi connectivity index (χ0v) is 20.0. The van der Waals surface area contributed by atoms with Crippen molar-refractivity contribution < 1.29 is 17.9 Å². The number of hydrogen-bond donors (Lipinski definition) is 2. The van der Waals surface area contributed by atoms with Crippen molar-refractivity contribution in [1.82, 2.24) is 14.9 Å². The fourth-order valence-corrected chi connectivity index (χ4v) is 5.31. The molecule has 0 bridgehead atoms. The Kier molecular flexibility index (Phi) is 7.60. The molecule has 1 atom stereocenters. The highest BCUT2D eigenvalue weighted by Gasteiger charge is 2.26. The van der Waals surface area contributed by atoms with Gasteiger partial charge < -0.3 is 4.74 Å². The minimum Gasteiger partial charge on any atom is -0.497 e. The number of carbonyl (C=O) groups is 1. The largest absolute Gasteiger partial charge is 0.497 e. The summed E-state index contributed by atoms with van der Waals surface area (Å²) >= 11 is 0.806. The van der Waals surface area contributed by atoms with E-state index in [1.54, 1.807) is 31.4 Å². The van der Waals surface area contributed by atoms with E-state index in [4.69, 9.17) is 4.74 Å². The van der Waals surface area contributed by atoms with Crippen molar-refractivity contribution in [3.05, 3.63) is 65.2 Å². The van der Waals surface area contributed by atoms with Gasteiger partial charge in [0.15, 0.2) is 0 Å². The van der Waals surface area contributed by atoms with E-state index in [2.05, 4.69) is 20.2 Å². The fourth-order valence-electron chi connectivity index (χ4n) is 3.16. The van der Waals surface area contributed by atoms with Crippen molar-refractivity contribution in [2.45, 2.75) is 37.6 Å². The van der Waals surface area contributed by atoms with Gasteiger partial charge in [0.25, 0.3) is 15.9 Å². The molecule has 1 amide bonds. The van der Waals surface area contributed by atoms with Gasteiger partial charge in [-0.2, -0.15) is 0 Å². The van der Waals surface area contributed by atoms with E-state index in [9.17, 15) is 13.2 Å². The Bertz CT molecular complexity index is 1170. The van der Waals surface area contributed by atoms with Gasteiger partial charge in [0.2, 0.25) is 9.47 Å². The van der Waals surface area contributed by atoms with E-state index < -0.39 is 16.1 Å². The van der Waals surface area contributed by atoms with Gasteiger partial charge >= 0.3 is 0 Å². The first-order valence-corrected chi connectivity index (χ1v) is 12.4. The third-order valence-corrected chi connectivity index (χ3v) is 7.45. The third-order valence-electron chi connectivity index (χ3n) is 4.77. The Morgan fingerprint density at radius 1 is 1.09 bits per heavy atom. The SMILES string of the molecule is COc1ccc(C(CC(C)C)NS(=O)(=O)c2nnc(NC(=O)c3ccccc3C)s2)cc1. The maximum atomic E-state index is 13.0. The summed E-state index contributed by atoms with van der Waals surface area (Å²) in [5.74, 6) is 0.577. The standard InChI is InChI=1S/C22H26N4O4S2/c1-14(2)13-19(16-9-11-17(30-4)12-10-16)26-32(28,29)22-25-24-21(31-22)23-20(27)18-8-6-5-7-15(18)3/h5-12,14,19,26H,13H2,1-4H3,(H,23,24,27). The lowest BCUT2D eigenvalue weighted by Crippen LogP contribution is -2.29. The molecule has 1 aromatic heterocycles. The maximum Gasteiger partial charge on any atom is 0.270 e. The number of carbonyl (C=O) groups excluding carboxylic acids is 1. The maximum absolute atomic E-state index is 13.0. The Balaban J connectivity index is 1.78. The van der Waals surface area contributed by atoms with Crippen LogP contribution in [0.1, 0.15) is 47.8 Å². The van der Waals surface area contributed by atoms with Gasteiger partial charge in [-0.25, -0.2) is 13.1 Å². The van der Waals surface area contributed by atoms with Crippen molar-refractivity contribution in [2.24, 2.45) is 5.92 Å². The molecule has 10 heteroatoms. The summed E-state index contributed by atoms with van der Waals surface area (Å²) in [5, 5.41) is 10.4. The van der Waals surface area contributed by atoms with Crippen molar-refractivity contribution >= 4 is 32.4 Å². The zero-order valence-electron chi connectivity index (χ0n) is 18.3. The summed E-state index contributed by atoms with van der Waals surface area (Å²) in [6.07, 6.45) is 0.598. The summed E-state index contributed by atoms with van der Waals surface area (Å²) in [4.78, 5) is 12.5. The Hall–Kier alpha value is -2.82. The molecule has 3 aromatic rings. The molecule has 0 saturated carbocycles. The molecule has 32 heavy (non-hydrogen) atoms. The molecule has 0 fully saturated rings. The highest BCUT2D eigenvalue weighted by molar-refractivity contribution is 7.91. The van der Waals surface area contributed by atoms with Gasteiger partial charge in [0, 0.05) is 11.6 Å². The second-order valence-corrected chi connectivity index (χ2v) is 10.6. The molecule has 0 aliphatic carbocycles. The van der Waals surface area contributed by atoms with Gasteiger partial charge in [0.1, 0.15) is 5.75 Å². The summed E-state index contributed by atoms with van der Waals surface area (Å²) in [7, 11) is -2.37. The molecule has 1 unspecified atom stereocenters. The number of aromatic nitrogens is 2. The number of nitrogens with one attached hydrogen (secondary N) is 2. The molecule has 8 nitrogen and oxygen atoms in total. The molecular weight excluding hydrogens is 448 g/mol. The molecule has 0 spiro atoms. The normalized spacial score (nSPS) is 12.5. The van der Waals surface area contributed by atoms with E-state index >= 15 is 0 Å². The third kappa shape index (κ3) is 5.90. The number of nitrogens with zero attached hydrogens (tertiary/aromatic N) is 2. The minimum absolute atomic E-state index is 0.114. The van der Waals surface area contributed by atoms with Gasteiger partial charge in [0.05, 0.1) is 7.11 Å². The van der Waals surface area contributed by atoms with E-state index in [1.165, 1.54) is 0 Å². The topological polar surface area (TPSA) is 110 Å². The number of benzene rings is 2. The number of aryl methyl sites for hydroxylation is 1. The first-order valence-electron chi connectivity index (χ1n) is 10.1. The van der Waals surface area contributed by atoms with Crippen LogP contribution in [0.25, 0.3) is 0 Å². The van der Waals surface area contributed by atoms with Crippen LogP contribution in [0.4, 0.5) is 5.13 Å². The predicted molar refractivity (Wildman–Crippen MR) is 125 cm³/mol. The number of amides is 1. The van der Waals surface area contributed by atoms with Crippen LogP contribution in [0, 0.1) is 12.8 Å². The molecule has 0 aliphatic heterocycles. The lowest BCUT2D eigenvalue weighted by atomic mass is 9.98. The number of methoxy groups -OCH3 is 1. The predicted octanol–water partition coefficient (Wildman–Crippen LogP) is 4.17. The van der Waals surface area contributed by atoms with Crippen LogP contribution in [0.15, 0.2) is 52.9 Å². The molecule has 2 N–H and O–H groups in total. The minimum atomic E-state index is -3.94. The average molecular weight is 475 g/mol. The smallest absolute Gasteiger partial charge is 0.270 e. The van der Waals surface area contributed by atoms with Gasteiger partial charge in [-0.05, 0) is 48.6 Å². The number of sulfonamides is 1. The Morgan fingerprint density at radius 2 is 1.78 bits per heavy atom. The van der Waals surface area contributed by atoms with Crippen LogP contribution in [-0.4, -0.2) is 31.6 Å². The van der Waals surface area contributed by atoms with Crippen LogP contribution in [0.3, 0.4) is 0 Å². The molecule has 1 heterocycles. The summed E-state index contributed by atoms with van der Waals surface area (Å²) < 4.78 is 33.7. The highest BCUT2D eigenvalue weighted by atomic mass is 32.2. The van der Waals surface area contributed by atoms with Crippen LogP contribution < -0.4 is 14.8 Å². The van der Waals surface area contributed by atoms with Crippen LogP contribution in [0.2, 0.25) is 0 Å². The molecule has 0 aliphatic rings. The summed E-state index contributed by atoms with van der Waals surface area (Å²) in [6.45, 7) is 5.87. The van der Waals surface area contributed by atoms with Crippen molar-refractivity contribution in [3.8, 4) is 5.75 Å². The highest BCUT2D eigenvalue weighted by Crippen LogP contribution is 2.27. The Morgan fingerprint density at radius 3 is 2.41 bits per heavy atom. The van der Waals surface area contributed by atoms with Gasteiger partial charge in [-0.1, -0.05) is 55.5 Å². The number of hydrogen-bond acceptors (Lipinski definition) is 7. The molecule has 3 rings (SSSR count). The average Bonchev–Trinajstić information content (AvgIpc) is 3.22. The second-order valence-electron chi connectivity index (χ2n) is 7.72. The molecule has 0 radical (unpaired) electrons. The lowest BCUT2D eigenvalue weighted by molar-refractivity contribution is 0.102. The molecule has 170 valence electrons. The van der Waals surface area contributed by atoms with E-state index in [0.29, 0.717) is 17.7 Å². The second kappa shape index (κ2) is 10.2. The lowest BCUT2D eigenvalue weighted by Gasteiger charge is -2.20. The first-order chi connectivity index (χ1) is 15.2. The Labute approximate surface area is 192 Å². The summed E-state index contributed by atoms with van der Waals surface area (Å²) in [6, 6.07) is 13.9. The molecular formula is C22H26N4O4S2. The van der Waals surface area contributed by atoms with Gasteiger partial charge in [-0.3, -0.25) is 10.1 Å². The summed E-state index contributed by atoms with van der Waals surface area (Å²) in [5.41, 5.74) is 2.11.